The van der Waals surface area contributed by atoms with Crippen LogP contribution in [0.1, 0.15) is 81.0 Å². The Morgan fingerprint density at radius 1 is 0.646 bits per heavy atom. The molecule has 1 aliphatic heterocycles. The second kappa shape index (κ2) is 18.4. The monoisotopic (exact) mass is 646 g/mol. The van der Waals surface area contributed by atoms with Gasteiger partial charge in [-0.1, -0.05) is 134 Å². The average molecular weight is 647 g/mol. The van der Waals surface area contributed by atoms with Crippen LogP contribution in [0, 0.1) is 5.92 Å². The van der Waals surface area contributed by atoms with E-state index in [1.807, 2.05) is 95.8 Å². The van der Waals surface area contributed by atoms with Gasteiger partial charge in [0.25, 0.3) is 0 Å². The summed E-state index contributed by atoms with van der Waals surface area (Å²) in [6.07, 6.45) is 13.7. The topological polar surface area (TPSA) is 120 Å². The van der Waals surface area contributed by atoms with Gasteiger partial charge in [0, 0.05) is 30.6 Å². The van der Waals surface area contributed by atoms with Crippen LogP contribution < -0.4 is 9.80 Å². The summed E-state index contributed by atoms with van der Waals surface area (Å²) < 4.78 is 1.84. The Hall–Kier alpha value is -4.95. The first-order valence-corrected chi connectivity index (χ1v) is 17.3. The third-order valence-corrected chi connectivity index (χ3v) is 8.92. The lowest BCUT2D eigenvalue weighted by Crippen LogP contribution is -2.42. The van der Waals surface area contributed by atoms with E-state index in [0.717, 1.165) is 54.7 Å². The number of aryl methyl sites for hydroxylation is 1. The number of anilines is 2. The van der Waals surface area contributed by atoms with Crippen LogP contribution in [0.25, 0.3) is 10.4 Å². The van der Waals surface area contributed by atoms with E-state index < -0.39 is 5.92 Å². The Labute approximate surface area is 283 Å². The van der Waals surface area contributed by atoms with Crippen molar-refractivity contribution in [3.63, 3.8) is 0 Å². The Morgan fingerprint density at radius 3 is 1.65 bits per heavy atom. The highest BCUT2D eigenvalue weighted by atomic mass is 16.2. The molecule has 0 aliphatic carbocycles. The highest BCUT2D eigenvalue weighted by Gasteiger charge is 2.40. The maximum absolute atomic E-state index is 14.3. The maximum Gasteiger partial charge on any atom is 0.240 e. The summed E-state index contributed by atoms with van der Waals surface area (Å²) in [6.45, 7) is 2.10. The molecule has 5 rings (SSSR count). The number of hydrogen-bond donors (Lipinski definition) is 0. The van der Waals surface area contributed by atoms with Crippen LogP contribution >= 0.6 is 0 Å². The summed E-state index contributed by atoms with van der Waals surface area (Å²) >= 11 is 0. The zero-order valence-electron chi connectivity index (χ0n) is 27.7. The van der Waals surface area contributed by atoms with E-state index >= 15 is 0 Å². The van der Waals surface area contributed by atoms with Gasteiger partial charge < -0.3 is 9.80 Å². The summed E-state index contributed by atoms with van der Waals surface area (Å²) in [6, 6.07) is 27.5. The van der Waals surface area contributed by atoms with Gasteiger partial charge in [-0.05, 0) is 41.6 Å². The van der Waals surface area contributed by atoms with Gasteiger partial charge in [0.05, 0.1) is 30.2 Å². The molecule has 1 aromatic heterocycles. The Balaban J connectivity index is 1.20. The molecule has 0 radical (unpaired) electrons. The normalized spacial score (nSPS) is 13.3. The second-order valence-corrected chi connectivity index (χ2v) is 12.5. The predicted molar refractivity (Wildman–Crippen MR) is 189 cm³/mol. The fourth-order valence-corrected chi connectivity index (χ4v) is 6.34. The molecule has 0 atom stereocenters. The van der Waals surface area contributed by atoms with Gasteiger partial charge in [0.1, 0.15) is 5.92 Å². The molecule has 0 saturated heterocycles. The van der Waals surface area contributed by atoms with Crippen molar-refractivity contribution in [2.75, 3.05) is 16.3 Å². The van der Waals surface area contributed by atoms with E-state index in [4.69, 9.17) is 5.53 Å². The van der Waals surface area contributed by atoms with Crippen molar-refractivity contribution in [2.24, 2.45) is 11.0 Å². The number of hydrogen-bond acceptors (Lipinski definition) is 5. The number of amides is 2. The van der Waals surface area contributed by atoms with Crippen molar-refractivity contribution in [1.29, 1.82) is 0 Å². The molecule has 2 heterocycles. The highest BCUT2D eigenvalue weighted by molar-refractivity contribution is 6.17. The van der Waals surface area contributed by atoms with Crippen LogP contribution in [-0.4, -0.2) is 33.4 Å². The van der Waals surface area contributed by atoms with Crippen molar-refractivity contribution < 1.29 is 9.59 Å². The van der Waals surface area contributed by atoms with Crippen LogP contribution in [0.3, 0.4) is 0 Å². The SMILES string of the molecule is [N-]=[N+]=NCCCCCCCCCCCCn1cc(CC2C(=O)N(Cc3ccccc3)c3ccccc3N(Cc3ccccc3)C2=O)nn1. The molecule has 0 N–H and O–H groups in total. The predicted octanol–water partition coefficient (Wildman–Crippen LogP) is 8.43. The van der Waals surface area contributed by atoms with Gasteiger partial charge in [-0.15, -0.1) is 5.10 Å². The first-order chi connectivity index (χ1) is 23.6. The van der Waals surface area contributed by atoms with Gasteiger partial charge in [-0.3, -0.25) is 14.3 Å². The number of carbonyl (C=O) groups is 2. The number of para-hydroxylation sites is 2. The molecule has 0 saturated carbocycles. The van der Waals surface area contributed by atoms with Gasteiger partial charge in [-0.25, -0.2) is 0 Å². The quantitative estimate of drug-likeness (QED) is 0.0334. The van der Waals surface area contributed by atoms with Crippen molar-refractivity contribution in [1.82, 2.24) is 15.0 Å². The summed E-state index contributed by atoms with van der Waals surface area (Å²) in [5, 5.41) is 12.3. The molecule has 0 fully saturated rings. The summed E-state index contributed by atoms with van der Waals surface area (Å²) in [5.41, 5.74) is 12.4. The molecular weight excluding hydrogens is 600 g/mol. The minimum atomic E-state index is -0.930. The highest BCUT2D eigenvalue weighted by Crippen LogP contribution is 2.37. The van der Waals surface area contributed by atoms with E-state index in [1.165, 1.54) is 38.5 Å². The Morgan fingerprint density at radius 2 is 1.12 bits per heavy atom. The molecule has 3 aromatic carbocycles. The van der Waals surface area contributed by atoms with E-state index in [1.54, 1.807) is 9.80 Å². The molecule has 0 unspecified atom stereocenters. The van der Waals surface area contributed by atoms with Gasteiger partial charge in [-0.2, -0.15) is 0 Å². The molecule has 10 heteroatoms. The molecule has 0 bridgehead atoms. The Bertz CT molecular complexity index is 1550. The van der Waals surface area contributed by atoms with Gasteiger partial charge >= 0.3 is 0 Å². The number of aromatic nitrogens is 3. The fourth-order valence-electron chi connectivity index (χ4n) is 6.34. The average Bonchev–Trinajstić information content (AvgIpc) is 3.55. The van der Waals surface area contributed by atoms with Crippen LogP contribution in [0.4, 0.5) is 11.4 Å². The molecule has 1 aliphatic rings. The number of unbranched alkanes of at least 4 members (excludes halogenated alkanes) is 9. The summed E-state index contributed by atoms with van der Waals surface area (Å²) in [4.78, 5) is 35.0. The molecule has 4 aromatic rings. The number of fused-ring (bicyclic) bond motifs is 1. The molecule has 2 amide bonds. The van der Waals surface area contributed by atoms with Crippen molar-refractivity contribution in [3.8, 4) is 0 Å². The summed E-state index contributed by atoms with van der Waals surface area (Å²) in [7, 11) is 0. The first kappa shape index (κ1) is 34.4. The zero-order valence-corrected chi connectivity index (χ0v) is 27.7. The minimum absolute atomic E-state index is 0.188. The van der Waals surface area contributed by atoms with E-state index in [2.05, 4.69) is 20.3 Å². The number of azide groups is 1. The van der Waals surface area contributed by atoms with Gasteiger partial charge in [0.2, 0.25) is 11.8 Å². The first-order valence-electron chi connectivity index (χ1n) is 17.3. The smallest absolute Gasteiger partial charge is 0.240 e. The second-order valence-electron chi connectivity index (χ2n) is 12.5. The third kappa shape index (κ3) is 9.78. The third-order valence-electron chi connectivity index (χ3n) is 8.92. The fraction of sp³-hybridized carbons (Fsp3) is 0.421. The lowest BCUT2D eigenvalue weighted by atomic mass is 9.99. The molecular formula is C38H46N8O2. The lowest BCUT2D eigenvalue weighted by Gasteiger charge is -2.25. The Kier molecular flexibility index (Phi) is 13.2. The maximum atomic E-state index is 14.3. The van der Waals surface area contributed by atoms with E-state index in [0.29, 0.717) is 25.3 Å². The van der Waals surface area contributed by atoms with Crippen LogP contribution in [0.5, 0.6) is 0 Å². The number of carbonyl (C=O) groups excluding carboxylic acids is 2. The molecule has 0 spiro atoms. The van der Waals surface area contributed by atoms with E-state index in [-0.39, 0.29) is 18.2 Å². The molecule has 250 valence electrons. The summed E-state index contributed by atoms with van der Waals surface area (Å²) in [5.74, 6) is -1.38. The van der Waals surface area contributed by atoms with Gasteiger partial charge in [0.15, 0.2) is 0 Å². The van der Waals surface area contributed by atoms with Crippen molar-refractivity contribution in [3.05, 3.63) is 118 Å². The van der Waals surface area contributed by atoms with E-state index in [9.17, 15) is 9.59 Å². The number of rotatable bonds is 19. The molecule has 48 heavy (non-hydrogen) atoms. The van der Waals surface area contributed by atoms with Crippen molar-refractivity contribution >= 4 is 23.2 Å². The number of benzene rings is 3. The molecule has 10 nitrogen and oxygen atoms in total. The number of nitrogens with zero attached hydrogens (tertiary/aromatic N) is 8. The van der Waals surface area contributed by atoms with Crippen molar-refractivity contribution in [2.45, 2.75) is 90.3 Å². The minimum Gasteiger partial charge on any atom is -0.305 e. The standard InChI is InChI=1S/C38H46N8O2/c39-42-40-25-17-7-5-3-1-2-4-6-8-18-26-44-30-33(41-43-44)27-34-37(47)45(28-31-19-11-9-12-20-31)35-23-15-16-24-36(35)46(38(34)48)29-32-21-13-10-14-22-32/h9-16,19-24,30,34H,1-8,17-18,25-29H2. The van der Waals surface area contributed by atoms with Crippen LogP contribution in [-0.2, 0) is 35.6 Å². The van der Waals surface area contributed by atoms with Crippen LogP contribution in [0.15, 0.2) is 96.2 Å². The lowest BCUT2D eigenvalue weighted by molar-refractivity contribution is -0.132. The van der Waals surface area contributed by atoms with Crippen LogP contribution in [0.2, 0.25) is 0 Å². The largest absolute Gasteiger partial charge is 0.305 e. The zero-order chi connectivity index (χ0) is 33.4.